The van der Waals surface area contributed by atoms with Crippen molar-refractivity contribution in [3.05, 3.63) is 35.4 Å². The second kappa shape index (κ2) is 6.24. The van der Waals surface area contributed by atoms with Crippen LogP contribution in [0.3, 0.4) is 0 Å². The molecule has 0 radical (unpaired) electrons. The van der Waals surface area contributed by atoms with Crippen molar-refractivity contribution in [2.24, 2.45) is 0 Å². The molecule has 1 rings (SSSR count). The summed E-state index contributed by atoms with van der Waals surface area (Å²) < 4.78 is 25.4. The maximum absolute atomic E-state index is 12.8. The second-order valence-corrected chi connectivity index (χ2v) is 3.56. The van der Waals surface area contributed by atoms with Gasteiger partial charge in [0.25, 0.3) is 0 Å². The number of aliphatic hydroxyl groups is 1. The summed E-state index contributed by atoms with van der Waals surface area (Å²) >= 11 is 0. The summed E-state index contributed by atoms with van der Waals surface area (Å²) in [5, 5.41) is 9.42. The highest BCUT2D eigenvalue weighted by molar-refractivity contribution is 5.35. The molecule has 0 spiro atoms. The number of halogens is 2. The van der Waals surface area contributed by atoms with E-state index < -0.39 is 17.7 Å². The predicted molar refractivity (Wildman–Crippen MR) is 58.8 cm³/mol. The molecule has 1 atom stereocenters. The molecule has 1 aromatic carbocycles. The van der Waals surface area contributed by atoms with Crippen LogP contribution >= 0.6 is 0 Å². The van der Waals surface area contributed by atoms with Gasteiger partial charge in [0.2, 0.25) is 0 Å². The van der Waals surface area contributed by atoms with Gasteiger partial charge in [0.05, 0.1) is 0 Å². The molecule has 0 bridgehead atoms. The van der Waals surface area contributed by atoms with Gasteiger partial charge in [0.15, 0.2) is 11.6 Å². The van der Waals surface area contributed by atoms with E-state index in [0.717, 1.165) is 25.0 Å². The molecule has 0 aromatic heterocycles. The molecule has 3 heteroatoms. The molecule has 86 valence electrons. The third-order valence-electron chi connectivity index (χ3n) is 2.13. The van der Waals surface area contributed by atoms with E-state index in [0.29, 0.717) is 12.0 Å². The minimum absolute atomic E-state index is 0.370. The first kappa shape index (κ1) is 12.7. The highest BCUT2D eigenvalue weighted by atomic mass is 19.2. The monoisotopic (exact) mass is 224 g/mol. The van der Waals surface area contributed by atoms with Crippen LogP contribution in [0.2, 0.25) is 0 Å². The van der Waals surface area contributed by atoms with Crippen LogP contribution in [0, 0.1) is 23.5 Å². The molecule has 16 heavy (non-hydrogen) atoms. The van der Waals surface area contributed by atoms with E-state index in [9.17, 15) is 13.9 Å². The lowest BCUT2D eigenvalue weighted by atomic mass is 10.1. The van der Waals surface area contributed by atoms with Crippen LogP contribution in [0.5, 0.6) is 0 Å². The Morgan fingerprint density at radius 2 is 2.06 bits per heavy atom. The fraction of sp³-hybridized carbons (Fsp3) is 0.385. The number of unbranched alkanes of at least 4 members (excludes halogenated alkanes) is 1. The number of hydrogen-bond donors (Lipinski definition) is 1. The van der Waals surface area contributed by atoms with E-state index in [1.807, 2.05) is 6.92 Å². The molecule has 1 nitrogen and oxygen atoms in total. The lowest BCUT2D eigenvalue weighted by molar-refractivity contribution is 0.218. The van der Waals surface area contributed by atoms with Crippen LogP contribution in [0.1, 0.15) is 31.7 Å². The van der Waals surface area contributed by atoms with Gasteiger partial charge in [-0.05, 0) is 24.6 Å². The molecule has 1 aromatic rings. The third kappa shape index (κ3) is 4.00. The van der Waals surface area contributed by atoms with Gasteiger partial charge >= 0.3 is 0 Å². The predicted octanol–water partition coefficient (Wildman–Crippen LogP) is 2.87. The zero-order chi connectivity index (χ0) is 12.0. The van der Waals surface area contributed by atoms with Crippen molar-refractivity contribution >= 4 is 0 Å². The summed E-state index contributed by atoms with van der Waals surface area (Å²) in [6, 6.07) is 3.44. The highest BCUT2D eigenvalue weighted by Gasteiger charge is 2.01. The molecule has 0 fully saturated rings. The van der Waals surface area contributed by atoms with Crippen LogP contribution in [0.15, 0.2) is 18.2 Å². The normalized spacial score (nSPS) is 11.8. The molecule has 0 saturated carbocycles. The number of hydrogen-bond acceptors (Lipinski definition) is 1. The topological polar surface area (TPSA) is 20.2 Å². The molecule has 0 aliphatic rings. The van der Waals surface area contributed by atoms with Crippen LogP contribution in [-0.4, -0.2) is 11.2 Å². The second-order valence-electron chi connectivity index (χ2n) is 3.56. The molecule has 0 aliphatic carbocycles. The minimum atomic E-state index is -0.921. The Kier molecular flexibility index (Phi) is 4.94. The molecular weight excluding hydrogens is 210 g/mol. The van der Waals surface area contributed by atoms with Crippen LogP contribution in [0.25, 0.3) is 0 Å². The fourth-order valence-electron chi connectivity index (χ4n) is 1.21. The van der Waals surface area contributed by atoms with Gasteiger partial charge in [-0.15, -0.1) is 0 Å². The minimum Gasteiger partial charge on any atom is -0.380 e. The molecule has 1 N–H and O–H groups in total. The first-order valence-corrected chi connectivity index (χ1v) is 5.28. The van der Waals surface area contributed by atoms with Crippen molar-refractivity contribution < 1.29 is 13.9 Å². The van der Waals surface area contributed by atoms with Gasteiger partial charge in [-0.25, -0.2) is 8.78 Å². The van der Waals surface area contributed by atoms with Crippen molar-refractivity contribution in [3.63, 3.8) is 0 Å². The molecular formula is C13H14F2O. The maximum atomic E-state index is 12.8. The Balaban J connectivity index is 2.65. The quantitative estimate of drug-likeness (QED) is 0.783. The van der Waals surface area contributed by atoms with Crippen molar-refractivity contribution in [2.45, 2.75) is 32.3 Å². The SMILES string of the molecule is CCCC[C@H](O)C#Cc1ccc(F)c(F)c1. The van der Waals surface area contributed by atoms with E-state index in [1.165, 1.54) is 6.07 Å². The van der Waals surface area contributed by atoms with Crippen molar-refractivity contribution in [1.82, 2.24) is 0 Å². The lowest BCUT2D eigenvalue weighted by Gasteiger charge is -2.00. The molecule has 0 heterocycles. The smallest absolute Gasteiger partial charge is 0.160 e. The molecule has 0 unspecified atom stereocenters. The summed E-state index contributed by atoms with van der Waals surface area (Å²) in [6.07, 6.45) is 1.79. The van der Waals surface area contributed by atoms with Gasteiger partial charge in [-0.1, -0.05) is 31.6 Å². The number of benzene rings is 1. The average Bonchev–Trinajstić information content (AvgIpc) is 2.28. The highest BCUT2D eigenvalue weighted by Crippen LogP contribution is 2.07. The number of rotatable bonds is 3. The van der Waals surface area contributed by atoms with Crippen molar-refractivity contribution in [3.8, 4) is 11.8 Å². The Morgan fingerprint density at radius 1 is 1.31 bits per heavy atom. The average molecular weight is 224 g/mol. The summed E-state index contributed by atoms with van der Waals surface area (Å²) in [5.74, 6) is 3.40. The Morgan fingerprint density at radius 3 is 2.69 bits per heavy atom. The zero-order valence-corrected chi connectivity index (χ0v) is 9.13. The van der Waals surface area contributed by atoms with E-state index >= 15 is 0 Å². The zero-order valence-electron chi connectivity index (χ0n) is 9.13. The van der Waals surface area contributed by atoms with Gasteiger partial charge in [-0.2, -0.15) is 0 Å². The largest absolute Gasteiger partial charge is 0.380 e. The third-order valence-corrected chi connectivity index (χ3v) is 2.13. The summed E-state index contributed by atoms with van der Waals surface area (Å²) in [6.45, 7) is 2.02. The molecule has 0 amide bonds. The van der Waals surface area contributed by atoms with E-state index in [4.69, 9.17) is 0 Å². The van der Waals surface area contributed by atoms with Crippen molar-refractivity contribution in [1.29, 1.82) is 0 Å². The Hall–Kier alpha value is -1.40. The summed E-state index contributed by atoms with van der Waals surface area (Å²) in [5.41, 5.74) is 0.370. The van der Waals surface area contributed by atoms with Gasteiger partial charge in [0.1, 0.15) is 6.10 Å². The number of aliphatic hydroxyl groups excluding tert-OH is 1. The first-order valence-electron chi connectivity index (χ1n) is 5.28. The van der Waals surface area contributed by atoms with Crippen LogP contribution in [0.4, 0.5) is 8.78 Å². The lowest BCUT2D eigenvalue weighted by Crippen LogP contribution is -2.01. The molecule has 0 saturated heterocycles. The van der Waals surface area contributed by atoms with Gasteiger partial charge in [0, 0.05) is 5.56 Å². The Labute approximate surface area is 94.1 Å². The van der Waals surface area contributed by atoms with Gasteiger partial charge in [-0.3, -0.25) is 0 Å². The van der Waals surface area contributed by atoms with E-state index in [2.05, 4.69) is 11.8 Å². The standard InChI is InChI=1S/C13H14F2O/c1-2-3-4-11(16)7-5-10-6-8-12(14)13(15)9-10/h6,8-9,11,16H,2-4H2,1H3/t11-/m0/s1. The van der Waals surface area contributed by atoms with Gasteiger partial charge < -0.3 is 5.11 Å². The first-order chi connectivity index (χ1) is 7.63. The van der Waals surface area contributed by atoms with E-state index in [1.54, 1.807) is 0 Å². The van der Waals surface area contributed by atoms with Crippen LogP contribution < -0.4 is 0 Å². The van der Waals surface area contributed by atoms with E-state index in [-0.39, 0.29) is 0 Å². The van der Waals surface area contributed by atoms with Crippen molar-refractivity contribution in [2.75, 3.05) is 0 Å². The van der Waals surface area contributed by atoms with Crippen LogP contribution in [-0.2, 0) is 0 Å². The fourth-order valence-corrected chi connectivity index (χ4v) is 1.21. The summed E-state index contributed by atoms with van der Waals surface area (Å²) in [4.78, 5) is 0. The summed E-state index contributed by atoms with van der Waals surface area (Å²) in [7, 11) is 0. The Bertz CT molecular complexity index is 404. The molecule has 0 aliphatic heterocycles. The maximum Gasteiger partial charge on any atom is 0.160 e.